The second-order valence-corrected chi connectivity index (χ2v) is 12.1. The predicted octanol–water partition coefficient (Wildman–Crippen LogP) is 4.52. The minimum Gasteiger partial charge on any atom is -0.352 e. The molecule has 0 saturated heterocycles. The molecular formula is C28H31BrFN3O4S. The normalized spacial score (nSPS) is 12.2. The number of nitrogens with zero attached hydrogens (tertiary/aromatic N) is 2. The van der Waals surface area contributed by atoms with Crippen LogP contribution in [-0.4, -0.2) is 50.0 Å². The highest BCUT2D eigenvalue weighted by Crippen LogP contribution is 2.22. The van der Waals surface area contributed by atoms with Gasteiger partial charge in [0.2, 0.25) is 21.8 Å². The maximum absolute atomic E-state index is 14.0. The molecule has 2 amide bonds. The summed E-state index contributed by atoms with van der Waals surface area (Å²) in [5, 5.41) is 2.89. The third kappa shape index (κ3) is 8.39. The van der Waals surface area contributed by atoms with E-state index in [4.69, 9.17) is 0 Å². The Labute approximate surface area is 231 Å². The summed E-state index contributed by atoms with van der Waals surface area (Å²) in [5.41, 5.74) is 1.61. The van der Waals surface area contributed by atoms with Gasteiger partial charge in [-0.05, 0) is 55.3 Å². The lowest BCUT2D eigenvalue weighted by Crippen LogP contribution is -2.54. The molecule has 38 heavy (non-hydrogen) atoms. The Morgan fingerprint density at radius 2 is 1.61 bits per heavy atom. The molecule has 10 heteroatoms. The Morgan fingerprint density at radius 3 is 2.21 bits per heavy atom. The van der Waals surface area contributed by atoms with E-state index in [1.54, 1.807) is 0 Å². The van der Waals surface area contributed by atoms with E-state index in [9.17, 15) is 22.4 Å². The maximum Gasteiger partial charge on any atom is 0.244 e. The van der Waals surface area contributed by atoms with Crippen molar-refractivity contribution in [3.63, 3.8) is 0 Å². The first-order valence-electron chi connectivity index (χ1n) is 12.1. The second kappa shape index (κ2) is 13.0. The van der Waals surface area contributed by atoms with E-state index in [-0.39, 0.29) is 30.6 Å². The summed E-state index contributed by atoms with van der Waals surface area (Å²) < 4.78 is 41.0. The van der Waals surface area contributed by atoms with Crippen molar-refractivity contribution >= 4 is 43.5 Å². The molecular weight excluding hydrogens is 573 g/mol. The van der Waals surface area contributed by atoms with Gasteiger partial charge in [-0.15, -0.1) is 0 Å². The van der Waals surface area contributed by atoms with Crippen molar-refractivity contribution in [2.45, 2.75) is 38.9 Å². The van der Waals surface area contributed by atoms with Gasteiger partial charge in [-0.2, -0.15) is 0 Å². The van der Waals surface area contributed by atoms with Crippen molar-refractivity contribution in [1.82, 2.24) is 10.2 Å². The molecule has 0 aliphatic carbocycles. The monoisotopic (exact) mass is 603 g/mol. The van der Waals surface area contributed by atoms with E-state index in [2.05, 4.69) is 21.2 Å². The molecule has 1 N–H and O–H groups in total. The minimum atomic E-state index is -3.96. The van der Waals surface area contributed by atoms with E-state index in [1.807, 2.05) is 68.4 Å². The number of carbonyl (C=O) groups excluding carboxylic acids is 2. The number of sulfonamides is 1. The topological polar surface area (TPSA) is 86.8 Å². The van der Waals surface area contributed by atoms with E-state index in [0.29, 0.717) is 0 Å². The lowest BCUT2D eigenvalue weighted by Gasteiger charge is -2.34. The average Bonchev–Trinajstić information content (AvgIpc) is 2.84. The lowest BCUT2D eigenvalue weighted by atomic mass is 10.0. The fraction of sp³-hybridized carbons (Fsp3) is 0.286. The number of hydrogen-bond donors (Lipinski definition) is 1. The molecule has 0 aromatic heterocycles. The van der Waals surface area contributed by atoms with Crippen LogP contribution in [-0.2, 0) is 32.6 Å². The van der Waals surface area contributed by atoms with Gasteiger partial charge in [-0.25, -0.2) is 12.8 Å². The maximum atomic E-state index is 14.0. The van der Waals surface area contributed by atoms with Crippen LogP contribution >= 0.6 is 15.9 Å². The number of amides is 2. The fourth-order valence-corrected chi connectivity index (χ4v) is 5.30. The Balaban J connectivity index is 2.06. The third-order valence-electron chi connectivity index (χ3n) is 5.72. The number of anilines is 1. The first-order valence-corrected chi connectivity index (χ1v) is 14.7. The zero-order chi connectivity index (χ0) is 27.9. The Hall–Kier alpha value is -3.24. The molecule has 0 spiro atoms. The van der Waals surface area contributed by atoms with Crippen LogP contribution < -0.4 is 9.62 Å². The van der Waals surface area contributed by atoms with Gasteiger partial charge < -0.3 is 10.2 Å². The third-order valence-corrected chi connectivity index (χ3v) is 7.35. The van der Waals surface area contributed by atoms with Crippen molar-refractivity contribution in [2.24, 2.45) is 0 Å². The molecule has 1 atom stereocenters. The van der Waals surface area contributed by atoms with E-state index >= 15 is 0 Å². The van der Waals surface area contributed by atoms with Crippen LogP contribution in [0.1, 0.15) is 25.0 Å². The van der Waals surface area contributed by atoms with E-state index in [1.165, 1.54) is 23.1 Å². The first kappa shape index (κ1) is 29.3. The summed E-state index contributed by atoms with van der Waals surface area (Å²) in [4.78, 5) is 28.8. The summed E-state index contributed by atoms with van der Waals surface area (Å²) in [6.45, 7) is 3.11. The molecule has 0 fully saturated rings. The zero-order valence-corrected chi connectivity index (χ0v) is 23.9. The van der Waals surface area contributed by atoms with Gasteiger partial charge in [0, 0.05) is 23.5 Å². The van der Waals surface area contributed by atoms with E-state index < -0.39 is 34.3 Å². The predicted molar refractivity (Wildman–Crippen MR) is 150 cm³/mol. The van der Waals surface area contributed by atoms with Crippen molar-refractivity contribution < 1.29 is 22.4 Å². The molecule has 0 saturated carbocycles. The van der Waals surface area contributed by atoms with Gasteiger partial charge in [-0.3, -0.25) is 13.9 Å². The molecule has 3 aromatic carbocycles. The number of rotatable bonds is 11. The molecule has 202 valence electrons. The number of carbonyl (C=O) groups is 2. The molecule has 0 aliphatic rings. The largest absolute Gasteiger partial charge is 0.352 e. The highest BCUT2D eigenvalue weighted by Gasteiger charge is 2.33. The Morgan fingerprint density at radius 1 is 0.947 bits per heavy atom. The summed E-state index contributed by atoms with van der Waals surface area (Å²) in [5.74, 6) is -1.59. The van der Waals surface area contributed by atoms with E-state index in [0.717, 1.165) is 32.2 Å². The Kier molecular flexibility index (Phi) is 10.0. The van der Waals surface area contributed by atoms with Crippen molar-refractivity contribution in [2.75, 3.05) is 17.1 Å². The molecule has 7 nitrogen and oxygen atoms in total. The van der Waals surface area contributed by atoms with Gasteiger partial charge in [0.05, 0.1) is 11.9 Å². The SMILES string of the molecule is CC(C)NC(=O)[C@H](Cc1ccccc1)N(Cc1cccc(Br)c1)C(=O)CN(c1cccc(F)c1)S(C)(=O)=O. The highest BCUT2D eigenvalue weighted by atomic mass is 79.9. The van der Waals surface area contributed by atoms with Crippen LogP contribution in [0.15, 0.2) is 83.3 Å². The van der Waals surface area contributed by atoms with Gasteiger partial charge in [0.15, 0.2) is 0 Å². The van der Waals surface area contributed by atoms with Gasteiger partial charge in [0.25, 0.3) is 0 Å². The zero-order valence-electron chi connectivity index (χ0n) is 21.5. The fourth-order valence-electron chi connectivity index (χ4n) is 4.01. The van der Waals surface area contributed by atoms with Crippen LogP contribution in [0.25, 0.3) is 0 Å². The van der Waals surface area contributed by atoms with Crippen LogP contribution in [0.3, 0.4) is 0 Å². The summed E-state index contributed by atoms with van der Waals surface area (Å²) in [6.07, 6.45) is 1.18. The van der Waals surface area contributed by atoms with Crippen LogP contribution in [0.5, 0.6) is 0 Å². The minimum absolute atomic E-state index is 0.0227. The smallest absolute Gasteiger partial charge is 0.244 e. The Bertz CT molecular complexity index is 1370. The average molecular weight is 605 g/mol. The van der Waals surface area contributed by atoms with Crippen LogP contribution in [0.4, 0.5) is 10.1 Å². The first-order chi connectivity index (χ1) is 17.9. The molecule has 0 aliphatic heterocycles. The van der Waals surface area contributed by atoms with Gasteiger partial charge in [0.1, 0.15) is 18.4 Å². The van der Waals surface area contributed by atoms with Crippen LogP contribution in [0.2, 0.25) is 0 Å². The van der Waals surface area contributed by atoms with Gasteiger partial charge in [-0.1, -0.05) is 64.5 Å². The number of hydrogen-bond acceptors (Lipinski definition) is 4. The van der Waals surface area contributed by atoms with Gasteiger partial charge >= 0.3 is 0 Å². The molecule has 0 bridgehead atoms. The molecule has 3 rings (SSSR count). The number of nitrogens with one attached hydrogen (secondary N) is 1. The molecule has 3 aromatic rings. The molecule has 0 heterocycles. The number of halogens is 2. The second-order valence-electron chi connectivity index (χ2n) is 9.27. The van der Waals surface area contributed by atoms with Crippen molar-refractivity contribution in [3.8, 4) is 0 Å². The summed E-state index contributed by atoms with van der Waals surface area (Å²) in [6, 6.07) is 20.6. The lowest BCUT2D eigenvalue weighted by molar-refractivity contribution is -0.140. The highest BCUT2D eigenvalue weighted by molar-refractivity contribution is 9.10. The summed E-state index contributed by atoms with van der Waals surface area (Å²) in [7, 11) is -3.96. The quantitative estimate of drug-likeness (QED) is 0.349. The standard InChI is InChI=1S/C28H31BrFN3O4S/c1-20(2)31-28(35)26(16-21-9-5-4-6-10-21)32(18-22-11-7-12-23(29)15-22)27(34)19-33(38(3,36)37)25-14-8-13-24(30)17-25/h4-15,17,20,26H,16,18-19H2,1-3H3,(H,31,35)/t26-/m0/s1. The summed E-state index contributed by atoms with van der Waals surface area (Å²) >= 11 is 3.44. The molecule has 0 radical (unpaired) electrons. The number of benzene rings is 3. The van der Waals surface area contributed by atoms with Crippen molar-refractivity contribution in [1.29, 1.82) is 0 Å². The molecule has 0 unspecified atom stereocenters. The van der Waals surface area contributed by atoms with Crippen LogP contribution in [0, 0.1) is 5.82 Å². The van der Waals surface area contributed by atoms with Crippen molar-refractivity contribution in [3.05, 3.63) is 100 Å².